The number of aliphatic hydroxyl groups excluding tert-OH is 2. The number of hydrogen-bond donors (Lipinski definition) is 5. The number of nitrogens with two attached hydrogens (primary N) is 1. The number of aromatic carboxylic acids is 1. The van der Waals surface area contributed by atoms with Crippen molar-refractivity contribution in [3.05, 3.63) is 29.3 Å². The Balaban J connectivity index is 3.01. The molecule has 16 heavy (non-hydrogen) atoms. The Kier molecular flexibility index (Phi) is 4.17. The van der Waals surface area contributed by atoms with Gasteiger partial charge >= 0.3 is 5.97 Å². The van der Waals surface area contributed by atoms with Gasteiger partial charge in [0.15, 0.2) is 0 Å². The van der Waals surface area contributed by atoms with Crippen molar-refractivity contribution < 1.29 is 20.1 Å². The maximum atomic E-state index is 10.7. The molecule has 6 heteroatoms. The van der Waals surface area contributed by atoms with Gasteiger partial charge in [-0.2, -0.15) is 12.6 Å². The maximum Gasteiger partial charge on any atom is 0.337 e. The Hall–Kier alpha value is -1.24. The first kappa shape index (κ1) is 12.8. The molecular formula is C10H13NO4S. The highest BCUT2D eigenvalue weighted by molar-refractivity contribution is 7.80. The second-order valence-corrected chi connectivity index (χ2v) is 3.71. The van der Waals surface area contributed by atoms with Crippen LogP contribution in [0.5, 0.6) is 0 Å². The number of hydrogen-bond acceptors (Lipinski definition) is 5. The minimum absolute atomic E-state index is 0.0312. The number of rotatable bonds is 4. The summed E-state index contributed by atoms with van der Waals surface area (Å²) in [4.78, 5) is 10.7. The Morgan fingerprint density at radius 1 is 1.44 bits per heavy atom. The number of carbonyl (C=O) groups is 1. The topological polar surface area (TPSA) is 104 Å². The fourth-order valence-corrected chi connectivity index (χ4v) is 1.48. The van der Waals surface area contributed by atoms with Crippen molar-refractivity contribution >= 4 is 24.3 Å². The number of benzene rings is 1. The molecule has 0 aliphatic carbocycles. The summed E-state index contributed by atoms with van der Waals surface area (Å²) in [7, 11) is 0. The third kappa shape index (κ3) is 2.66. The van der Waals surface area contributed by atoms with Crippen LogP contribution in [0.3, 0.4) is 0 Å². The van der Waals surface area contributed by atoms with Crippen LogP contribution >= 0.6 is 12.6 Å². The highest BCUT2D eigenvalue weighted by atomic mass is 32.1. The Bertz CT molecular complexity index is 396. The van der Waals surface area contributed by atoms with E-state index in [-0.39, 0.29) is 17.0 Å². The van der Waals surface area contributed by atoms with Crippen molar-refractivity contribution in [2.75, 3.05) is 11.5 Å². The summed E-state index contributed by atoms with van der Waals surface area (Å²) in [5, 5.41) is 27.8. The summed E-state index contributed by atoms with van der Waals surface area (Å²) >= 11 is 3.85. The molecule has 5 nitrogen and oxygen atoms in total. The third-order valence-corrected chi connectivity index (χ3v) is 2.57. The first-order valence-corrected chi connectivity index (χ1v) is 5.20. The van der Waals surface area contributed by atoms with E-state index < -0.39 is 18.2 Å². The van der Waals surface area contributed by atoms with Crippen molar-refractivity contribution in [1.82, 2.24) is 0 Å². The minimum atomic E-state index is -1.13. The van der Waals surface area contributed by atoms with Crippen LogP contribution in [0.1, 0.15) is 22.0 Å². The molecule has 88 valence electrons. The van der Waals surface area contributed by atoms with Gasteiger partial charge < -0.3 is 21.1 Å². The zero-order valence-electron chi connectivity index (χ0n) is 8.37. The van der Waals surface area contributed by atoms with E-state index in [2.05, 4.69) is 12.6 Å². The summed E-state index contributed by atoms with van der Waals surface area (Å²) in [6, 6.07) is 4.04. The molecule has 2 atom stereocenters. The van der Waals surface area contributed by atoms with E-state index in [1.165, 1.54) is 18.2 Å². The van der Waals surface area contributed by atoms with Crippen LogP contribution in [-0.4, -0.2) is 33.1 Å². The molecule has 0 radical (unpaired) electrons. The predicted molar refractivity (Wildman–Crippen MR) is 62.6 cm³/mol. The van der Waals surface area contributed by atoms with E-state index in [0.29, 0.717) is 5.56 Å². The average Bonchev–Trinajstić information content (AvgIpc) is 2.26. The lowest BCUT2D eigenvalue weighted by molar-refractivity contribution is 0.0338. The van der Waals surface area contributed by atoms with E-state index in [0.717, 1.165) is 0 Å². The molecule has 0 bridgehead atoms. The molecule has 2 unspecified atom stereocenters. The number of nitrogen functional groups attached to an aromatic ring is 1. The van der Waals surface area contributed by atoms with Crippen LogP contribution in [0.25, 0.3) is 0 Å². The third-order valence-electron chi connectivity index (χ3n) is 2.20. The van der Waals surface area contributed by atoms with Gasteiger partial charge in [-0.15, -0.1) is 0 Å². The van der Waals surface area contributed by atoms with Crippen LogP contribution in [0.15, 0.2) is 18.2 Å². The number of carboxylic acid groups (broad SMARTS) is 1. The minimum Gasteiger partial charge on any atom is -0.478 e. The molecule has 5 N–H and O–H groups in total. The fraction of sp³-hybridized carbons (Fsp3) is 0.300. The molecule has 1 aromatic carbocycles. The zero-order valence-corrected chi connectivity index (χ0v) is 9.26. The van der Waals surface area contributed by atoms with Crippen LogP contribution < -0.4 is 5.73 Å². The van der Waals surface area contributed by atoms with Gasteiger partial charge in [0.1, 0.15) is 6.10 Å². The van der Waals surface area contributed by atoms with Crippen molar-refractivity contribution in [2.45, 2.75) is 12.2 Å². The van der Waals surface area contributed by atoms with Gasteiger partial charge in [0.05, 0.1) is 11.7 Å². The zero-order chi connectivity index (χ0) is 12.3. The SMILES string of the molecule is Nc1cc(C(O)C(O)CS)ccc1C(=O)O. The van der Waals surface area contributed by atoms with Crippen LogP contribution in [0.2, 0.25) is 0 Å². The maximum absolute atomic E-state index is 10.7. The molecular weight excluding hydrogens is 230 g/mol. The van der Waals surface area contributed by atoms with Crippen LogP contribution in [0.4, 0.5) is 5.69 Å². The number of thiol groups is 1. The predicted octanol–water partition coefficient (Wildman–Crippen LogP) is 0.291. The largest absolute Gasteiger partial charge is 0.478 e. The van der Waals surface area contributed by atoms with Crippen molar-refractivity contribution in [3.8, 4) is 0 Å². The second-order valence-electron chi connectivity index (χ2n) is 3.35. The van der Waals surface area contributed by atoms with E-state index >= 15 is 0 Å². The van der Waals surface area contributed by atoms with E-state index in [1.54, 1.807) is 0 Å². The van der Waals surface area contributed by atoms with Gasteiger partial charge in [-0.05, 0) is 17.7 Å². The summed E-state index contributed by atoms with van der Waals surface area (Å²) in [5.41, 5.74) is 5.89. The lowest BCUT2D eigenvalue weighted by Gasteiger charge is -2.16. The number of carboxylic acids is 1. The number of aliphatic hydroxyl groups is 2. The Labute approximate surface area is 97.9 Å². The first-order chi connectivity index (χ1) is 7.47. The molecule has 0 spiro atoms. The van der Waals surface area contributed by atoms with Crippen LogP contribution in [-0.2, 0) is 0 Å². The fourth-order valence-electron chi connectivity index (χ4n) is 1.28. The Morgan fingerprint density at radius 3 is 2.50 bits per heavy atom. The van der Waals surface area contributed by atoms with E-state index in [1.807, 2.05) is 0 Å². The van der Waals surface area contributed by atoms with Gasteiger partial charge in [-0.1, -0.05) is 6.07 Å². The molecule has 0 saturated heterocycles. The normalized spacial score (nSPS) is 14.4. The molecule has 0 aliphatic rings. The first-order valence-electron chi connectivity index (χ1n) is 4.57. The summed E-state index contributed by atoms with van der Waals surface area (Å²) in [6.45, 7) is 0. The molecule has 0 saturated carbocycles. The van der Waals surface area contributed by atoms with Gasteiger partial charge in [-0.25, -0.2) is 4.79 Å². The molecule has 0 amide bonds. The molecule has 0 aromatic heterocycles. The highest BCUT2D eigenvalue weighted by Crippen LogP contribution is 2.22. The average molecular weight is 243 g/mol. The smallest absolute Gasteiger partial charge is 0.337 e. The standard InChI is InChI=1S/C10H13NO4S/c11-7-3-5(9(13)8(12)4-16)1-2-6(7)10(14)15/h1-3,8-9,12-13,16H,4,11H2,(H,14,15). The highest BCUT2D eigenvalue weighted by Gasteiger charge is 2.18. The quantitative estimate of drug-likeness (QED) is 0.386. The summed E-state index contributed by atoms with van der Waals surface area (Å²) in [5.74, 6) is -1.03. The van der Waals surface area contributed by atoms with Gasteiger partial charge in [0.25, 0.3) is 0 Å². The monoisotopic (exact) mass is 243 g/mol. The van der Waals surface area contributed by atoms with Crippen molar-refractivity contribution in [2.24, 2.45) is 0 Å². The van der Waals surface area contributed by atoms with Crippen LogP contribution in [0, 0.1) is 0 Å². The van der Waals surface area contributed by atoms with E-state index in [9.17, 15) is 15.0 Å². The molecule has 1 rings (SSSR count). The summed E-state index contributed by atoms with van der Waals surface area (Å²) in [6.07, 6.45) is -2.14. The van der Waals surface area contributed by atoms with Crippen molar-refractivity contribution in [1.29, 1.82) is 0 Å². The van der Waals surface area contributed by atoms with Crippen molar-refractivity contribution in [3.63, 3.8) is 0 Å². The van der Waals surface area contributed by atoms with E-state index in [4.69, 9.17) is 10.8 Å². The lowest BCUT2D eigenvalue weighted by atomic mass is 10.0. The lowest BCUT2D eigenvalue weighted by Crippen LogP contribution is -2.20. The molecule has 0 heterocycles. The van der Waals surface area contributed by atoms with Gasteiger partial charge in [-0.3, -0.25) is 0 Å². The molecule has 1 aromatic rings. The Morgan fingerprint density at radius 2 is 2.06 bits per heavy atom. The summed E-state index contributed by atoms with van der Waals surface area (Å²) < 4.78 is 0. The number of anilines is 1. The molecule has 0 fully saturated rings. The second kappa shape index (κ2) is 5.20. The van der Waals surface area contributed by atoms with Gasteiger partial charge in [0.2, 0.25) is 0 Å². The van der Waals surface area contributed by atoms with Gasteiger partial charge in [0, 0.05) is 11.4 Å². The molecule has 0 aliphatic heterocycles.